The van der Waals surface area contributed by atoms with E-state index in [1.807, 2.05) is 64.1 Å². The van der Waals surface area contributed by atoms with Gasteiger partial charge in [-0.2, -0.15) is 0 Å². The van der Waals surface area contributed by atoms with Crippen LogP contribution in [0.5, 0.6) is 0 Å². The molecular formula is C24H28Cl2. The van der Waals surface area contributed by atoms with Gasteiger partial charge in [0.25, 0.3) is 0 Å². The van der Waals surface area contributed by atoms with E-state index in [2.05, 4.69) is 38.1 Å². The van der Waals surface area contributed by atoms with Gasteiger partial charge in [0.15, 0.2) is 0 Å². The van der Waals surface area contributed by atoms with Crippen LogP contribution in [0.25, 0.3) is 22.3 Å². The summed E-state index contributed by atoms with van der Waals surface area (Å²) in [6.45, 7) is 12.2. The zero-order valence-corrected chi connectivity index (χ0v) is 18.0. The second kappa shape index (κ2) is 11.1. The molecule has 26 heavy (non-hydrogen) atoms. The highest BCUT2D eigenvalue weighted by Crippen LogP contribution is 2.31. The van der Waals surface area contributed by atoms with Crippen LogP contribution in [0.2, 0.25) is 10.0 Å². The quantitative estimate of drug-likeness (QED) is 0.411. The molecule has 0 heterocycles. The predicted octanol–water partition coefficient (Wildman–Crippen LogP) is 9.00. The van der Waals surface area contributed by atoms with E-state index in [-0.39, 0.29) is 0 Å². The van der Waals surface area contributed by atoms with Gasteiger partial charge in [0.05, 0.1) is 0 Å². The summed E-state index contributed by atoms with van der Waals surface area (Å²) < 4.78 is 0. The Balaban J connectivity index is 0.000000791. The molecule has 0 saturated heterocycles. The van der Waals surface area contributed by atoms with Crippen LogP contribution in [-0.2, 0) is 0 Å². The van der Waals surface area contributed by atoms with Crippen LogP contribution in [-0.4, -0.2) is 0 Å². The Hall–Kier alpha value is -1.76. The Morgan fingerprint density at radius 3 is 1.12 bits per heavy atom. The van der Waals surface area contributed by atoms with Gasteiger partial charge in [0.1, 0.15) is 0 Å². The number of aryl methyl sites for hydroxylation is 2. The van der Waals surface area contributed by atoms with Gasteiger partial charge in [-0.1, -0.05) is 87.3 Å². The zero-order valence-electron chi connectivity index (χ0n) is 16.5. The van der Waals surface area contributed by atoms with E-state index < -0.39 is 0 Å². The molecule has 0 unspecified atom stereocenters. The Morgan fingerprint density at radius 1 is 0.500 bits per heavy atom. The first kappa shape index (κ1) is 22.3. The van der Waals surface area contributed by atoms with Crippen molar-refractivity contribution in [2.24, 2.45) is 0 Å². The molecule has 0 fully saturated rings. The average Bonchev–Trinajstić information content (AvgIpc) is 2.69. The number of hydrogen-bond donors (Lipinski definition) is 0. The molecule has 2 heteroatoms. The molecule has 0 saturated carbocycles. The third-order valence-electron chi connectivity index (χ3n) is 3.91. The van der Waals surface area contributed by atoms with Gasteiger partial charge in [-0.05, 0) is 71.5 Å². The minimum absolute atomic E-state index is 0.760. The van der Waals surface area contributed by atoms with Crippen LogP contribution >= 0.6 is 23.2 Å². The van der Waals surface area contributed by atoms with E-state index >= 15 is 0 Å². The Labute approximate surface area is 168 Å². The summed E-state index contributed by atoms with van der Waals surface area (Å²) in [7, 11) is 0. The van der Waals surface area contributed by atoms with Crippen LogP contribution in [0.3, 0.4) is 0 Å². The van der Waals surface area contributed by atoms with E-state index in [4.69, 9.17) is 23.2 Å². The molecule has 0 spiro atoms. The summed E-state index contributed by atoms with van der Waals surface area (Å²) in [5, 5.41) is 1.52. The lowest BCUT2D eigenvalue weighted by Crippen LogP contribution is -1.86. The molecule has 0 aliphatic carbocycles. The smallest absolute Gasteiger partial charge is 0.0412 e. The average molecular weight is 387 g/mol. The molecule has 0 aliphatic heterocycles. The first-order valence-electron chi connectivity index (χ1n) is 9.18. The SMILES string of the molecule is CC.CC.Cc1ccc(Cl)cc1-c1ccc(-c2cc(Cl)ccc2C)cc1. The van der Waals surface area contributed by atoms with E-state index in [1.54, 1.807) is 0 Å². The molecule has 3 rings (SSSR count). The minimum Gasteiger partial charge on any atom is -0.0843 e. The molecule has 0 N–H and O–H groups in total. The van der Waals surface area contributed by atoms with Crippen LogP contribution in [0.4, 0.5) is 0 Å². The van der Waals surface area contributed by atoms with Crippen LogP contribution in [0.1, 0.15) is 38.8 Å². The third kappa shape index (κ3) is 5.62. The van der Waals surface area contributed by atoms with E-state index in [1.165, 1.54) is 33.4 Å². The van der Waals surface area contributed by atoms with Crippen molar-refractivity contribution in [1.29, 1.82) is 0 Å². The molecule has 0 nitrogen and oxygen atoms in total. The first-order valence-corrected chi connectivity index (χ1v) is 9.93. The number of halogens is 2. The maximum Gasteiger partial charge on any atom is 0.0412 e. The Bertz CT molecular complexity index is 748. The summed E-state index contributed by atoms with van der Waals surface area (Å²) in [4.78, 5) is 0. The zero-order chi connectivity index (χ0) is 19.7. The predicted molar refractivity (Wildman–Crippen MR) is 120 cm³/mol. The Kier molecular flexibility index (Phi) is 9.48. The van der Waals surface area contributed by atoms with Gasteiger partial charge >= 0.3 is 0 Å². The van der Waals surface area contributed by atoms with Crippen molar-refractivity contribution < 1.29 is 0 Å². The molecule has 3 aromatic carbocycles. The van der Waals surface area contributed by atoms with Crippen LogP contribution < -0.4 is 0 Å². The van der Waals surface area contributed by atoms with E-state index in [0.29, 0.717) is 0 Å². The maximum atomic E-state index is 6.12. The summed E-state index contributed by atoms with van der Waals surface area (Å²) in [6.07, 6.45) is 0. The molecule has 3 aromatic rings. The summed E-state index contributed by atoms with van der Waals surface area (Å²) in [5.74, 6) is 0. The minimum atomic E-state index is 0.760. The Morgan fingerprint density at radius 2 is 0.808 bits per heavy atom. The lowest BCUT2D eigenvalue weighted by atomic mass is 9.96. The number of hydrogen-bond acceptors (Lipinski definition) is 0. The fourth-order valence-electron chi connectivity index (χ4n) is 2.64. The lowest BCUT2D eigenvalue weighted by Gasteiger charge is -2.10. The standard InChI is InChI=1S/C20H16Cl2.2C2H6/c1-13-3-9-17(21)11-19(13)15-5-7-16(8-6-15)20-12-18(22)10-4-14(20)2;2*1-2/h3-12H,1-2H3;2*1-2H3. The molecule has 0 atom stereocenters. The topological polar surface area (TPSA) is 0 Å². The second-order valence-electron chi connectivity index (χ2n) is 5.50. The second-order valence-corrected chi connectivity index (χ2v) is 6.37. The van der Waals surface area contributed by atoms with Crippen molar-refractivity contribution in [1.82, 2.24) is 0 Å². The molecule has 138 valence electrons. The highest BCUT2D eigenvalue weighted by molar-refractivity contribution is 6.31. The molecule has 0 radical (unpaired) electrons. The fourth-order valence-corrected chi connectivity index (χ4v) is 2.98. The van der Waals surface area contributed by atoms with Crippen molar-refractivity contribution in [2.45, 2.75) is 41.5 Å². The highest BCUT2D eigenvalue weighted by Gasteiger charge is 2.06. The van der Waals surface area contributed by atoms with Gasteiger partial charge < -0.3 is 0 Å². The number of rotatable bonds is 2. The fraction of sp³-hybridized carbons (Fsp3) is 0.250. The molecular weight excluding hydrogens is 359 g/mol. The van der Waals surface area contributed by atoms with Gasteiger partial charge in [0.2, 0.25) is 0 Å². The monoisotopic (exact) mass is 386 g/mol. The molecule has 0 aromatic heterocycles. The molecule has 0 bridgehead atoms. The van der Waals surface area contributed by atoms with Crippen LogP contribution in [0, 0.1) is 13.8 Å². The van der Waals surface area contributed by atoms with Crippen molar-refractivity contribution in [2.75, 3.05) is 0 Å². The molecule has 0 amide bonds. The van der Waals surface area contributed by atoms with Crippen molar-refractivity contribution >= 4 is 23.2 Å². The third-order valence-corrected chi connectivity index (χ3v) is 4.38. The normalized spacial score (nSPS) is 9.54. The lowest BCUT2D eigenvalue weighted by molar-refractivity contribution is 1.44. The van der Waals surface area contributed by atoms with Crippen molar-refractivity contribution in [3.05, 3.63) is 81.8 Å². The summed E-state index contributed by atoms with van der Waals surface area (Å²) >= 11 is 12.2. The van der Waals surface area contributed by atoms with Crippen LogP contribution in [0.15, 0.2) is 60.7 Å². The first-order chi connectivity index (χ1) is 12.5. The van der Waals surface area contributed by atoms with Gasteiger partial charge in [-0.25, -0.2) is 0 Å². The molecule has 0 aliphatic rings. The summed E-state index contributed by atoms with van der Waals surface area (Å²) in [6, 6.07) is 20.5. The van der Waals surface area contributed by atoms with Gasteiger partial charge in [0, 0.05) is 10.0 Å². The highest BCUT2D eigenvalue weighted by atomic mass is 35.5. The van der Waals surface area contributed by atoms with E-state index in [0.717, 1.165) is 10.0 Å². The van der Waals surface area contributed by atoms with Crippen molar-refractivity contribution in [3.8, 4) is 22.3 Å². The van der Waals surface area contributed by atoms with E-state index in [9.17, 15) is 0 Å². The maximum absolute atomic E-state index is 6.12. The van der Waals surface area contributed by atoms with Crippen molar-refractivity contribution in [3.63, 3.8) is 0 Å². The summed E-state index contributed by atoms with van der Waals surface area (Å²) in [5.41, 5.74) is 7.11. The number of benzene rings is 3. The van der Waals surface area contributed by atoms with Gasteiger partial charge in [-0.3, -0.25) is 0 Å². The van der Waals surface area contributed by atoms with Gasteiger partial charge in [-0.15, -0.1) is 0 Å². The largest absolute Gasteiger partial charge is 0.0843 e.